The minimum absolute atomic E-state index is 0.0116. The first-order chi connectivity index (χ1) is 13.1. The molecule has 1 fully saturated rings. The third-order valence-electron chi connectivity index (χ3n) is 4.73. The zero-order valence-electron chi connectivity index (χ0n) is 14.6. The van der Waals surface area contributed by atoms with Gasteiger partial charge in [0.15, 0.2) is 5.58 Å². The molecule has 2 N–H and O–H groups in total. The molecular formula is C19H19N3O4S. The van der Waals surface area contributed by atoms with Gasteiger partial charge in [0.1, 0.15) is 10.4 Å². The molecule has 0 saturated carbocycles. The van der Waals surface area contributed by atoms with Crippen LogP contribution in [0, 0.1) is 5.92 Å². The molecule has 1 saturated heterocycles. The molecule has 1 aliphatic heterocycles. The van der Waals surface area contributed by atoms with Gasteiger partial charge in [-0.1, -0.05) is 12.1 Å². The fourth-order valence-electron chi connectivity index (χ4n) is 3.23. The number of carboxylic acids is 1. The van der Waals surface area contributed by atoms with Crippen LogP contribution in [0.15, 0.2) is 40.8 Å². The van der Waals surface area contributed by atoms with Crippen LogP contribution in [0.5, 0.6) is 0 Å². The van der Waals surface area contributed by atoms with Gasteiger partial charge in [0, 0.05) is 23.9 Å². The molecule has 140 valence electrons. The fourth-order valence-corrected chi connectivity index (χ4v) is 4.02. The number of carbonyl (C=O) groups excluding carboxylic acids is 1. The summed E-state index contributed by atoms with van der Waals surface area (Å²) in [5.41, 5.74) is 1.60. The Hall–Kier alpha value is -2.87. The summed E-state index contributed by atoms with van der Waals surface area (Å²) in [5.74, 6) is -0.980. The molecule has 7 nitrogen and oxygen atoms in total. The monoisotopic (exact) mass is 385 g/mol. The van der Waals surface area contributed by atoms with E-state index >= 15 is 0 Å². The Morgan fingerprint density at radius 3 is 2.70 bits per heavy atom. The van der Waals surface area contributed by atoms with E-state index in [-0.39, 0.29) is 16.7 Å². The predicted molar refractivity (Wildman–Crippen MR) is 102 cm³/mol. The third-order valence-corrected chi connectivity index (χ3v) is 5.80. The van der Waals surface area contributed by atoms with Gasteiger partial charge in [-0.15, -0.1) is 11.3 Å². The lowest BCUT2D eigenvalue weighted by Crippen LogP contribution is -2.40. The topological polar surface area (TPSA) is 95.7 Å². The number of nitrogens with zero attached hydrogens (tertiary/aromatic N) is 2. The van der Waals surface area contributed by atoms with Crippen LogP contribution in [0.25, 0.3) is 11.1 Å². The minimum Gasteiger partial charge on any atom is -0.477 e. The highest BCUT2D eigenvalue weighted by molar-refractivity contribution is 7.13. The lowest BCUT2D eigenvalue weighted by atomic mass is 9.96. The van der Waals surface area contributed by atoms with Crippen molar-refractivity contribution in [3.05, 3.63) is 46.2 Å². The average Bonchev–Trinajstić information content (AvgIpc) is 3.33. The number of benzene rings is 1. The highest BCUT2D eigenvalue weighted by Gasteiger charge is 2.27. The van der Waals surface area contributed by atoms with Gasteiger partial charge < -0.3 is 19.7 Å². The second kappa shape index (κ2) is 7.40. The van der Waals surface area contributed by atoms with E-state index in [0.29, 0.717) is 25.6 Å². The number of oxazole rings is 1. The van der Waals surface area contributed by atoms with Gasteiger partial charge in [-0.3, -0.25) is 4.79 Å². The molecule has 1 aliphatic rings. The Bertz CT molecular complexity index is 939. The standard InChI is InChI=1S/C19H19N3O4S/c23-17(20-11-13-5-6-16(27-13)18(24)25)12-7-9-22(10-8-12)19-21-14-3-1-2-4-15(14)26-19/h1-6,12H,7-11H2,(H,20,23)(H,24,25). The first-order valence-corrected chi connectivity index (χ1v) is 9.62. The molecule has 2 aromatic heterocycles. The summed E-state index contributed by atoms with van der Waals surface area (Å²) < 4.78 is 5.80. The van der Waals surface area contributed by atoms with Crippen molar-refractivity contribution < 1.29 is 19.1 Å². The lowest BCUT2D eigenvalue weighted by Gasteiger charge is -2.30. The number of carboxylic acid groups (broad SMARTS) is 1. The Kier molecular flexibility index (Phi) is 4.81. The number of aromatic carboxylic acids is 1. The van der Waals surface area contributed by atoms with E-state index in [4.69, 9.17) is 9.52 Å². The number of thiophene rings is 1. The van der Waals surface area contributed by atoms with Crippen LogP contribution in [0.2, 0.25) is 0 Å². The van der Waals surface area contributed by atoms with Gasteiger partial charge >= 0.3 is 5.97 Å². The minimum atomic E-state index is -0.941. The summed E-state index contributed by atoms with van der Waals surface area (Å²) in [6, 6.07) is 11.6. The highest BCUT2D eigenvalue weighted by Crippen LogP contribution is 2.26. The largest absolute Gasteiger partial charge is 0.477 e. The van der Waals surface area contributed by atoms with E-state index in [1.165, 1.54) is 11.3 Å². The molecule has 0 unspecified atom stereocenters. The number of amides is 1. The second-order valence-electron chi connectivity index (χ2n) is 6.51. The van der Waals surface area contributed by atoms with E-state index in [2.05, 4.69) is 15.2 Å². The molecule has 0 spiro atoms. The Labute approximate surface area is 159 Å². The number of nitrogens with one attached hydrogen (secondary N) is 1. The molecule has 27 heavy (non-hydrogen) atoms. The van der Waals surface area contributed by atoms with Gasteiger partial charge in [0.25, 0.3) is 6.01 Å². The van der Waals surface area contributed by atoms with Crippen molar-refractivity contribution in [2.24, 2.45) is 5.92 Å². The predicted octanol–water partition coefficient (Wildman–Crippen LogP) is 3.12. The zero-order valence-corrected chi connectivity index (χ0v) is 15.4. The first-order valence-electron chi connectivity index (χ1n) is 8.80. The maximum absolute atomic E-state index is 12.4. The molecule has 4 rings (SSSR count). The van der Waals surface area contributed by atoms with Crippen LogP contribution in [-0.4, -0.2) is 35.1 Å². The summed E-state index contributed by atoms with van der Waals surface area (Å²) in [7, 11) is 0. The number of para-hydroxylation sites is 2. The van der Waals surface area contributed by atoms with Crippen molar-refractivity contribution in [1.82, 2.24) is 10.3 Å². The normalized spacial score (nSPS) is 15.2. The Morgan fingerprint density at radius 1 is 1.22 bits per heavy atom. The summed E-state index contributed by atoms with van der Waals surface area (Å²) in [6.45, 7) is 1.79. The van der Waals surface area contributed by atoms with E-state index in [1.54, 1.807) is 12.1 Å². The molecule has 3 heterocycles. The van der Waals surface area contributed by atoms with Gasteiger partial charge in [-0.05, 0) is 37.1 Å². The van der Waals surface area contributed by atoms with E-state index in [0.717, 1.165) is 28.8 Å². The second-order valence-corrected chi connectivity index (χ2v) is 7.68. The summed E-state index contributed by atoms with van der Waals surface area (Å²) in [5, 5.41) is 11.9. The van der Waals surface area contributed by atoms with Crippen LogP contribution in [0.3, 0.4) is 0 Å². The number of hydrogen-bond acceptors (Lipinski definition) is 6. The number of piperidine rings is 1. The molecule has 0 radical (unpaired) electrons. The van der Waals surface area contributed by atoms with Gasteiger partial charge in [-0.2, -0.15) is 4.98 Å². The van der Waals surface area contributed by atoms with Gasteiger partial charge in [0.05, 0.1) is 6.54 Å². The van der Waals surface area contributed by atoms with E-state index in [1.807, 2.05) is 24.3 Å². The molecule has 1 aromatic carbocycles. The van der Waals surface area contributed by atoms with Gasteiger partial charge in [-0.25, -0.2) is 4.79 Å². The number of carbonyl (C=O) groups is 2. The Balaban J connectivity index is 1.30. The van der Waals surface area contributed by atoms with Crippen LogP contribution in [0.4, 0.5) is 6.01 Å². The average molecular weight is 385 g/mol. The number of rotatable bonds is 5. The molecule has 0 aliphatic carbocycles. The quantitative estimate of drug-likeness (QED) is 0.701. The van der Waals surface area contributed by atoms with Crippen molar-refractivity contribution in [2.45, 2.75) is 19.4 Å². The third kappa shape index (κ3) is 3.80. The molecule has 0 bridgehead atoms. The SMILES string of the molecule is O=C(O)c1ccc(CNC(=O)C2CCN(c3nc4ccccc4o3)CC2)s1. The van der Waals surface area contributed by atoms with Crippen molar-refractivity contribution in [3.63, 3.8) is 0 Å². The lowest BCUT2D eigenvalue weighted by molar-refractivity contribution is -0.125. The van der Waals surface area contributed by atoms with E-state index in [9.17, 15) is 9.59 Å². The van der Waals surface area contributed by atoms with Crippen molar-refractivity contribution >= 4 is 40.3 Å². The zero-order chi connectivity index (χ0) is 18.8. The molecule has 3 aromatic rings. The molecule has 1 amide bonds. The number of anilines is 1. The van der Waals surface area contributed by atoms with Crippen LogP contribution in [0.1, 0.15) is 27.4 Å². The van der Waals surface area contributed by atoms with Crippen molar-refractivity contribution in [3.8, 4) is 0 Å². The number of hydrogen-bond donors (Lipinski definition) is 2. The fraction of sp³-hybridized carbons (Fsp3) is 0.316. The number of fused-ring (bicyclic) bond motifs is 1. The van der Waals surface area contributed by atoms with E-state index < -0.39 is 5.97 Å². The van der Waals surface area contributed by atoms with Crippen LogP contribution < -0.4 is 10.2 Å². The molecule has 8 heteroatoms. The summed E-state index contributed by atoms with van der Waals surface area (Å²) in [6.07, 6.45) is 1.46. The Morgan fingerprint density at radius 2 is 2.00 bits per heavy atom. The summed E-state index contributed by atoms with van der Waals surface area (Å²) in [4.78, 5) is 31.0. The van der Waals surface area contributed by atoms with Crippen molar-refractivity contribution in [1.29, 1.82) is 0 Å². The maximum atomic E-state index is 12.4. The first kappa shape index (κ1) is 17.5. The number of aromatic nitrogens is 1. The smallest absolute Gasteiger partial charge is 0.345 e. The maximum Gasteiger partial charge on any atom is 0.345 e. The van der Waals surface area contributed by atoms with Crippen LogP contribution in [-0.2, 0) is 11.3 Å². The van der Waals surface area contributed by atoms with Gasteiger partial charge in [0.2, 0.25) is 5.91 Å². The summed E-state index contributed by atoms with van der Waals surface area (Å²) >= 11 is 1.19. The molecular weight excluding hydrogens is 366 g/mol. The van der Waals surface area contributed by atoms with Crippen molar-refractivity contribution in [2.75, 3.05) is 18.0 Å². The van der Waals surface area contributed by atoms with Crippen LogP contribution >= 0.6 is 11.3 Å². The highest BCUT2D eigenvalue weighted by atomic mass is 32.1. The molecule has 0 atom stereocenters.